The van der Waals surface area contributed by atoms with Crippen LogP contribution in [0, 0.1) is 0 Å². The first-order valence-corrected chi connectivity index (χ1v) is 7.88. The van der Waals surface area contributed by atoms with E-state index in [1.807, 2.05) is 0 Å². The second kappa shape index (κ2) is 10.6. The quantitative estimate of drug-likeness (QED) is 0.616. The van der Waals surface area contributed by atoms with Gasteiger partial charge in [0.1, 0.15) is 0 Å². The van der Waals surface area contributed by atoms with E-state index in [4.69, 9.17) is 9.47 Å². The van der Waals surface area contributed by atoms with Crippen molar-refractivity contribution >= 4 is 0 Å². The van der Waals surface area contributed by atoms with Crippen molar-refractivity contribution in [2.75, 3.05) is 45.9 Å². The summed E-state index contributed by atoms with van der Waals surface area (Å²) in [4.78, 5) is 2.53. The molecule has 114 valence electrons. The summed E-state index contributed by atoms with van der Waals surface area (Å²) in [5.41, 5.74) is 0. The van der Waals surface area contributed by atoms with Gasteiger partial charge in [0.25, 0.3) is 0 Å². The first-order valence-electron chi connectivity index (χ1n) is 7.88. The van der Waals surface area contributed by atoms with Gasteiger partial charge >= 0.3 is 0 Å². The molecule has 0 bridgehead atoms. The van der Waals surface area contributed by atoms with Crippen LogP contribution in [0.15, 0.2) is 0 Å². The van der Waals surface area contributed by atoms with Crippen LogP contribution >= 0.6 is 0 Å². The summed E-state index contributed by atoms with van der Waals surface area (Å²) in [6.45, 7) is 13.6. The van der Waals surface area contributed by atoms with E-state index in [0.29, 0.717) is 12.2 Å². The highest BCUT2D eigenvalue weighted by Gasteiger charge is 2.18. The van der Waals surface area contributed by atoms with Crippen LogP contribution in [0.3, 0.4) is 0 Å². The minimum atomic E-state index is 0.353. The van der Waals surface area contributed by atoms with E-state index in [-0.39, 0.29) is 0 Å². The van der Waals surface area contributed by atoms with Crippen molar-refractivity contribution in [2.24, 2.45) is 0 Å². The molecule has 0 atom stereocenters. The molecule has 1 heterocycles. The molecule has 1 saturated heterocycles. The van der Waals surface area contributed by atoms with Crippen LogP contribution in [0.25, 0.3) is 0 Å². The van der Waals surface area contributed by atoms with Crippen molar-refractivity contribution in [3.8, 4) is 0 Å². The first kappa shape index (κ1) is 16.9. The Bertz CT molecular complexity index is 204. The average molecular weight is 272 g/mol. The molecule has 0 aromatic heterocycles. The fourth-order valence-electron chi connectivity index (χ4n) is 2.41. The van der Waals surface area contributed by atoms with Gasteiger partial charge in [-0.2, -0.15) is 0 Å². The third-order valence-electron chi connectivity index (χ3n) is 3.49. The van der Waals surface area contributed by atoms with E-state index < -0.39 is 0 Å². The van der Waals surface area contributed by atoms with Gasteiger partial charge in [-0.1, -0.05) is 0 Å². The zero-order valence-electron chi connectivity index (χ0n) is 13.0. The molecule has 0 amide bonds. The lowest BCUT2D eigenvalue weighted by Crippen LogP contribution is -2.40. The number of hydrogen-bond acceptors (Lipinski definition) is 4. The van der Waals surface area contributed by atoms with Crippen molar-refractivity contribution in [3.05, 3.63) is 0 Å². The smallest absolute Gasteiger partial charge is 0.0599 e. The zero-order chi connectivity index (χ0) is 13.9. The molecule has 0 radical (unpaired) electrons. The number of likely N-dealkylation sites (tertiary alicyclic amines) is 1. The Morgan fingerprint density at radius 3 is 2.58 bits per heavy atom. The van der Waals surface area contributed by atoms with Crippen molar-refractivity contribution in [1.82, 2.24) is 10.2 Å². The van der Waals surface area contributed by atoms with Gasteiger partial charge in [-0.25, -0.2) is 0 Å². The predicted molar refractivity (Wildman–Crippen MR) is 79.7 cm³/mol. The summed E-state index contributed by atoms with van der Waals surface area (Å²) >= 11 is 0. The Morgan fingerprint density at radius 1 is 1.21 bits per heavy atom. The molecule has 0 saturated carbocycles. The number of ether oxygens (including phenoxy) is 2. The van der Waals surface area contributed by atoms with Gasteiger partial charge < -0.3 is 19.7 Å². The van der Waals surface area contributed by atoms with Crippen LogP contribution < -0.4 is 5.32 Å². The molecule has 4 nitrogen and oxygen atoms in total. The zero-order valence-corrected chi connectivity index (χ0v) is 13.0. The summed E-state index contributed by atoms with van der Waals surface area (Å²) in [6.07, 6.45) is 4.34. The van der Waals surface area contributed by atoms with Gasteiger partial charge in [-0.15, -0.1) is 0 Å². The molecule has 0 aromatic rings. The topological polar surface area (TPSA) is 33.7 Å². The number of nitrogens with zero attached hydrogens (tertiary/aromatic N) is 1. The molecular formula is C15H32N2O2. The predicted octanol–water partition coefficient (Wildman–Crippen LogP) is 1.89. The van der Waals surface area contributed by atoms with Crippen LogP contribution in [0.2, 0.25) is 0 Å². The maximum atomic E-state index is 5.66. The lowest BCUT2D eigenvalue weighted by atomic mass is 10.1. The molecule has 0 unspecified atom stereocenters. The number of rotatable bonds is 10. The average Bonchev–Trinajstić information content (AvgIpc) is 2.39. The summed E-state index contributed by atoms with van der Waals surface area (Å²) in [5, 5.41) is 3.49. The Balaban J connectivity index is 1.88. The molecule has 0 aliphatic carbocycles. The second-order valence-electron chi connectivity index (χ2n) is 5.52. The Morgan fingerprint density at radius 2 is 1.95 bits per heavy atom. The summed E-state index contributed by atoms with van der Waals surface area (Å²) in [7, 11) is 0. The Labute approximate surface area is 118 Å². The third-order valence-corrected chi connectivity index (χ3v) is 3.49. The van der Waals surface area contributed by atoms with Gasteiger partial charge in [0.15, 0.2) is 0 Å². The standard InChI is InChI=1S/C15H32N2O2/c1-4-18-15-6-10-17(11-7-15)12-9-16-8-5-13-19-14(2)3/h14-16H,4-13H2,1-3H3. The molecule has 4 heteroatoms. The second-order valence-corrected chi connectivity index (χ2v) is 5.52. The van der Waals surface area contributed by atoms with Crippen LogP contribution in [-0.2, 0) is 9.47 Å². The van der Waals surface area contributed by atoms with E-state index in [0.717, 1.165) is 39.3 Å². The van der Waals surface area contributed by atoms with Crippen molar-refractivity contribution < 1.29 is 9.47 Å². The molecule has 1 fully saturated rings. The minimum absolute atomic E-state index is 0.353. The Kier molecular flexibility index (Phi) is 9.43. The number of hydrogen-bond donors (Lipinski definition) is 1. The van der Waals surface area contributed by atoms with Gasteiger partial charge in [0.05, 0.1) is 12.2 Å². The van der Waals surface area contributed by atoms with E-state index >= 15 is 0 Å². The summed E-state index contributed by atoms with van der Waals surface area (Å²) in [6, 6.07) is 0. The summed E-state index contributed by atoms with van der Waals surface area (Å²) in [5.74, 6) is 0. The van der Waals surface area contributed by atoms with Gasteiger partial charge in [-0.05, 0) is 46.6 Å². The molecule has 1 rings (SSSR count). The van der Waals surface area contributed by atoms with E-state index in [2.05, 4.69) is 31.0 Å². The normalized spacial score (nSPS) is 18.3. The highest BCUT2D eigenvalue weighted by molar-refractivity contribution is 4.72. The minimum Gasteiger partial charge on any atom is -0.379 e. The number of piperidine rings is 1. The lowest BCUT2D eigenvalue weighted by Gasteiger charge is -2.31. The van der Waals surface area contributed by atoms with Crippen molar-refractivity contribution in [2.45, 2.75) is 52.2 Å². The lowest BCUT2D eigenvalue weighted by molar-refractivity contribution is 0.0145. The monoisotopic (exact) mass is 272 g/mol. The molecule has 1 aliphatic rings. The maximum absolute atomic E-state index is 5.66. The van der Waals surface area contributed by atoms with Crippen molar-refractivity contribution in [3.63, 3.8) is 0 Å². The third kappa shape index (κ3) is 8.58. The fraction of sp³-hybridized carbons (Fsp3) is 1.00. The van der Waals surface area contributed by atoms with Gasteiger partial charge in [0, 0.05) is 39.4 Å². The van der Waals surface area contributed by atoms with E-state index in [1.165, 1.54) is 25.9 Å². The molecule has 1 aliphatic heterocycles. The van der Waals surface area contributed by atoms with Crippen LogP contribution in [0.4, 0.5) is 0 Å². The fourth-order valence-corrected chi connectivity index (χ4v) is 2.41. The Hall–Kier alpha value is -0.160. The molecule has 0 aromatic carbocycles. The van der Waals surface area contributed by atoms with Crippen LogP contribution in [0.5, 0.6) is 0 Å². The molecule has 19 heavy (non-hydrogen) atoms. The van der Waals surface area contributed by atoms with E-state index in [1.54, 1.807) is 0 Å². The molecule has 1 N–H and O–H groups in total. The van der Waals surface area contributed by atoms with Crippen LogP contribution in [0.1, 0.15) is 40.0 Å². The largest absolute Gasteiger partial charge is 0.379 e. The van der Waals surface area contributed by atoms with Gasteiger partial charge in [-0.3, -0.25) is 0 Å². The van der Waals surface area contributed by atoms with E-state index in [9.17, 15) is 0 Å². The van der Waals surface area contributed by atoms with Crippen molar-refractivity contribution in [1.29, 1.82) is 0 Å². The highest BCUT2D eigenvalue weighted by atomic mass is 16.5. The molecular weight excluding hydrogens is 240 g/mol. The SMILES string of the molecule is CCOC1CCN(CCNCCCOC(C)C)CC1. The van der Waals surface area contributed by atoms with Crippen LogP contribution in [-0.4, -0.2) is 63.0 Å². The molecule has 0 spiro atoms. The first-order chi connectivity index (χ1) is 9.22. The highest BCUT2D eigenvalue weighted by Crippen LogP contribution is 2.12. The number of nitrogens with one attached hydrogen (secondary N) is 1. The van der Waals surface area contributed by atoms with Gasteiger partial charge in [0.2, 0.25) is 0 Å². The summed E-state index contributed by atoms with van der Waals surface area (Å²) < 4.78 is 11.2. The maximum Gasteiger partial charge on any atom is 0.0599 e.